The summed E-state index contributed by atoms with van der Waals surface area (Å²) in [6.45, 7) is -0.0637. The van der Waals surface area contributed by atoms with E-state index in [2.05, 4.69) is 10.6 Å². The Kier molecular flexibility index (Phi) is 8.07. The molecule has 0 aliphatic carbocycles. The van der Waals surface area contributed by atoms with Crippen LogP contribution in [0.15, 0.2) is 111 Å². The Morgan fingerprint density at radius 1 is 0.929 bits per heavy atom. The molecule has 3 aromatic carbocycles. The van der Waals surface area contributed by atoms with Crippen LogP contribution in [0, 0.1) is 0 Å². The summed E-state index contributed by atoms with van der Waals surface area (Å²) >= 11 is 1.03. The molecule has 8 nitrogen and oxygen atoms in total. The van der Waals surface area contributed by atoms with Crippen LogP contribution in [0.4, 0.5) is 24.5 Å². The fraction of sp³-hybridized carbons (Fsp3) is 0.100. The maximum Gasteiger partial charge on any atom is 0.416 e. The molecule has 0 bridgehead atoms. The normalized spacial score (nSPS) is 13.5. The first-order valence-electron chi connectivity index (χ1n) is 12.4. The zero-order chi connectivity index (χ0) is 29.9. The van der Waals surface area contributed by atoms with Gasteiger partial charge in [0.25, 0.3) is 17.7 Å². The van der Waals surface area contributed by atoms with Crippen molar-refractivity contribution in [3.8, 4) is 5.75 Å². The van der Waals surface area contributed by atoms with E-state index >= 15 is 0 Å². The van der Waals surface area contributed by atoms with Crippen LogP contribution in [0.1, 0.15) is 21.7 Å². The SMILES string of the molecule is COc1ccc(NC2=C(Sc3cccc(NC(=O)c4ccc(C(F)(F)F)cc4)c3)C(=O)N(Cc3ccco3)C2=O)cc1. The van der Waals surface area contributed by atoms with E-state index in [4.69, 9.17) is 9.15 Å². The highest BCUT2D eigenvalue weighted by molar-refractivity contribution is 8.04. The molecule has 1 aromatic heterocycles. The molecule has 1 aliphatic heterocycles. The van der Waals surface area contributed by atoms with Gasteiger partial charge in [-0.3, -0.25) is 19.3 Å². The van der Waals surface area contributed by atoms with E-state index in [0.717, 1.165) is 40.9 Å². The number of halogens is 3. The van der Waals surface area contributed by atoms with E-state index in [1.165, 1.54) is 13.4 Å². The summed E-state index contributed by atoms with van der Waals surface area (Å²) in [6.07, 6.45) is -3.06. The molecule has 0 unspecified atom stereocenters. The standard InChI is InChI=1S/C30H22F3N3O5S/c1-40-22-13-11-20(12-14-22)34-25-26(29(39)36(28(25)38)17-23-5-3-15-41-23)42-24-6-2-4-21(16-24)35-27(37)18-7-9-19(10-8-18)30(31,32)33/h2-16,34H,17H2,1H3,(H,35,37). The molecule has 0 radical (unpaired) electrons. The average molecular weight is 594 g/mol. The Balaban J connectivity index is 1.38. The first kappa shape index (κ1) is 28.6. The third kappa shape index (κ3) is 6.33. The number of carbonyl (C=O) groups excluding carboxylic acids is 3. The fourth-order valence-corrected chi connectivity index (χ4v) is 5.05. The number of hydrogen-bond acceptors (Lipinski definition) is 7. The third-order valence-corrected chi connectivity index (χ3v) is 7.24. The number of imide groups is 1. The van der Waals surface area contributed by atoms with Gasteiger partial charge in [-0.15, -0.1) is 0 Å². The lowest BCUT2D eigenvalue weighted by Crippen LogP contribution is -2.31. The summed E-state index contributed by atoms with van der Waals surface area (Å²) in [7, 11) is 1.53. The van der Waals surface area contributed by atoms with E-state index in [9.17, 15) is 27.6 Å². The predicted molar refractivity (Wildman–Crippen MR) is 150 cm³/mol. The van der Waals surface area contributed by atoms with Crippen molar-refractivity contribution in [1.29, 1.82) is 0 Å². The summed E-state index contributed by atoms with van der Waals surface area (Å²) in [6, 6.07) is 20.5. The summed E-state index contributed by atoms with van der Waals surface area (Å²) in [4.78, 5) is 41.3. The van der Waals surface area contributed by atoms with E-state index in [-0.39, 0.29) is 22.7 Å². The number of hydrogen-bond donors (Lipinski definition) is 2. The van der Waals surface area contributed by atoms with Crippen LogP contribution in [0.25, 0.3) is 0 Å². The van der Waals surface area contributed by atoms with Gasteiger partial charge < -0.3 is 19.8 Å². The maximum atomic E-state index is 13.5. The molecule has 0 fully saturated rings. The summed E-state index contributed by atoms with van der Waals surface area (Å²) < 4.78 is 49.1. The molecule has 3 amide bonds. The third-order valence-electron chi connectivity index (χ3n) is 6.17. The lowest BCUT2D eigenvalue weighted by molar-refractivity contribution is -0.139. The molecule has 2 heterocycles. The minimum Gasteiger partial charge on any atom is -0.497 e. The number of nitrogens with one attached hydrogen (secondary N) is 2. The van der Waals surface area contributed by atoms with Crippen molar-refractivity contribution >= 4 is 40.9 Å². The Labute approximate surface area is 242 Å². The van der Waals surface area contributed by atoms with Crippen molar-refractivity contribution in [2.24, 2.45) is 0 Å². The molecule has 214 valence electrons. The first-order chi connectivity index (χ1) is 20.1. The molecule has 0 spiro atoms. The van der Waals surface area contributed by atoms with Gasteiger partial charge in [0.2, 0.25) is 0 Å². The smallest absolute Gasteiger partial charge is 0.416 e. The topological polar surface area (TPSA) is 101 Å². The zero-order valence-electron chi connectivity index (χ0n) is 21.9. The van der Waals surface area contributed by atoms with Gasteiger partial charge in [-0.2, -0.15) is 13.2 Å². The van der Waals surface area contributed by atoms with Gasteiger partial charge in [-0.05, 0) is 78.9 Å². The van der Waals surface area contributed by atoms with Gasteiger partial charge in [0, 0.05) is 21.8 Å². The molecule has 1 aliphatic rings. The average Bonchev–Trinajstić information content (AvgIpc) is 3.57. The summed E-state index contributed by atoms with van der Waals surface area (Å²) in [5.74, 6) is -0.631. The van der Waals surface area contributed by atoms with E-state index in [1.807, 2.05) is 0 Å². The number of methoxy groups -OCH3 is 1. The van der Waals surface area contributed by atoms with Gasteiger partial charge in [0.1, 0.15) is 22.1 Å². The number of thioether (sulfide) groups is 1. The molecule has 0 saturated heterocycles. The number of anilines is 2. The minimum absolute atomic E-state index is 0.0416. The van der Waals surface area contributed by atoms with E-state index in [1.54, 1.807) is 60.7 Å². The molecular formula is C30H22F3N3O5S. The lowest BCUT2D eigenvalue weighted by atomic mass is 10.1. The number of amides is 3. The van der Waals surface area contributed by atoms with Crippen LogP contribution in [0.2, 0.25) is 0 Å². The van der Waals surface area contributed by atoms with Gasteiger partial charge in [-0.1, -0.05) is 17.8 Å². The Bertz CT molecular complexity index is 1650. The van der Waals surface area contributed by atoms with Crippen LogP contribution in [-0.2, 0) is 22.3 Å². The molecule has 12 heteroatoms. The molecule has 0 saturated carbocycles. The Hall–Kier alpha value is -4.97. The second kappa shape index (κ2) is 11.9. The number of benzene rings is 3. The largest absolute Gasteiger partial charge is 0.497 e. The van der Waals surface area contributed by atoms with Crippen molar-refractivity contribution in [2.45, 2.75) is 17.6 Å². The maximum absolute atomic E-state index is 13.5. The predicted octanol–water partition coefficient (Wildman–Crippen LogP) is 6.54. The van der Waals surface area contributed by atoms with Crippen molar-refractivity contribution in [1.82, 2.24) is 4.90 Å². The summed E-state index contributed by atoms with van der Waals surface area (Å²) in [5, 5.41) is 5.70. The number of nitrogens with zero attached hydrogens (tertiary/aromatic N) is 1. The second-order valence-corrected chi connectivity index (χ2v) is 10.1. The van der Waals surface area contributed by atoms with Crippen molar-refractivity contribution < 1.29 is 36.7 Å². The van der Waals surface area contributed by atoms with Crippen molar-refractivity contribution in [3.63, 3.8) is 0 Å². The highest BCUT2D eigenvalue weighted by Gasteiger charge is 2.39. The molecule has 2 N–H and O–H groups in total. The van der Waals surface area contributed by atoms with Crippen LogP contribution >= 0.6 is 11.8 Å². The highest BCUT2D eigenvalue weighted by Crippen LogP contribution is 2.37. The van der Waals surface area contributed by atoms with Gasteiger partial charge >= 0.3 is 6.18 Å². The zero-order valence-corrected chi connectivity index (χ0v) is 22.7. The van der Waals surface area contributed by atoms with Crippen molar-refractivity contribution in [2.75, 3.05) is 17.7 Å². The Morgan fingerprint density at radius 2 is 1.67 bits per heavy atom. The Morgan fingerprint density at radius 3 is 2.31 bits per heavy atom. The number of ether oxygens (including phenoxy) is 1. The van der Waals surface area contributed by atoms with Gasteiger partial charge in [0.15, 0.2) is 0 Å². The molecule has 5 rings (SSSR count). The minimum atomic E-state index is -4.51. The molecular weight excluding hydrogens is 571 g/mol. The fourth-order valence-electron chi connectivity index (χ4n) is 4.05. The number of alkyl halides is 3. The monoisotopic (exact) mass is 593 g/mol. The second-order valence-electron chi connectivity index (χ2n) is 8.99. The number of furan rings is 1. The summed E-state index contributed by atoms with van der Waals surface area (Å²) in [5.41, 5.74) is 0.157. The molecule has 4 aromatic rings. The first-order valence-corrected chi connectivity index (χ1v) is 13.2. The van der Waals surface area contributed by atoms with E-state index in [0.29, 0.717) is 27.8 Å². The van der Waals surface area contributed by atoms with Crippen LogP contribution < -0.4 is 15.4 Å². The number of rotatable bonds is 9. The molecule has 42 heavy (non-hydrogen) atoms. The number of carbonyl (C=O) groups is 3. The van der Waals surface area contributed by atoms with Crippen LogP contribution in [0.3, 0.4) is 0 Å². The quantitative estimate of drug-likeness (QED) is 0.213. The van der Waals surface area contributed by atoms with E-state index < -0.39 is 29.5 Å². The van der Waals surface area contributed by atoms with Gasteiger partial charge in [-0.25, -0.2) is 0 Å². The molecule has 0 atom stereocenters. The van der Waals surface area contributed by atoms with Gasteiger partial charge in [0.05, 0.1) is 25.5 Å². The van der Waals surface area contributed by atoms with Crippen LogP contribution in [0.5, 0.6) is 5.75 Å². The highest BCUT2D eigenvalue weighted by atomic mass is 32.2. The van der Waals surface area contributed by atoms with Crippen molar-refractivity contribution in [3.05, 3.63) is 119 Å². The van der Waals surface area contributed by atoms with Crippen LogP contribution in [-0.4, -0.2) is 29.7 Å². The lowest BCUT2D eigenvalue weighted by Gasteiger charge is -2.13.